The Kier molecular flexibility index (Phi) is 6.42. The van der Waals surface area contributed by atoms with Gasteiger partial charge in [-0.3, -0.25) is 4.79 Å². The van der Waals surface area contributed by atoms with Crippen LogP contribution in [0.1, 0.15) is 40.9 Å². The van der Waals surface area contributed by atoms with Gasteiger partial charge in [0.1, 0.15) is 17.2 Å². The van der Waals surface area contributed by atoms with E-state index >= 15 is 0 Å². The molecule has 9 nitrogen and oxygen atoms in total. The Morgan fingerprint density at radius 3 is 2.86 bits per heavy atom. The SMILES string of the molecule is C/C(=N/NC(=O)c1csc(N2CCOCC2)n1)c1cc(CCC(=O)[O-])oc1C. The number of furan rings is 1. The average molecular weight is 405 g/mol. The first-order valence-electron chi connectivity index (χ1n) is 8.86. The third kappa shape index (κ3) is 4.96. The molecule has 0 aromatic carbocycles. The molecule has 1 N–H and O–H groups in total. The standard InChI is InChI=1S/C18H22N4O5S/c1-11(14-9-13(27-12(14)2)3-4-16(23)24)20-21-17(25)15-10-28-18(19-15)22-5-7-26-8-6-22/h9-10H,3-8H2,1-2H3,(H,21,25)(H,23,24)/p-1/b20-11-. The zero-order chi connectivity index (χ0) is 20.1. The van der Waals surface area contributed by atoms with Crippen molar-refractivity contribution in [1.82, 2.24) is 10.4 Å². The van der Waals surface area contributed by atoms with E-state index in [0.717, 1.165) is 18.2 Å². The highest BCUT2D eigenvalue weighted by atomic mass is 32.1. The Morgan fingerprint density at radius 2 is 2.14 bits per heavy atom. The van der Waals surface area contributed by atoms with E-state index in [0.29, 0.717) is 41.7 Å². The smallest absolute Gasteiger partial charge is 0.290 e. The Hall–Kier alpha value is -2.72. The van der Waals surface area contributed by atoms with E-state index in [1.165, 1.54) is 11.3 Å². The van der Waals surface area contributed by atoms with Crippen LogP contribution < -0.4 is 15.4 Å². The molecule has 0 saturated carbocycles. The van der Waals surface area contributed by atoms with Crippen molar-refractivity contribution in [2.24, 2.45) is 5.10 Å². The summed E-state index contributed by atoms with van der Waals surface area (Å²) in [6.45, 7) is 6.31. The minimum Gasteiger partial charge on any atom is -0.550 e. The molecule has 1 amide bonds. The lowest BCUT2D eigenvalue weighted by atomic mass is 10.1. The zero-order valence-corrected chi connectivity index (χ0v) is 16.5. The molecule has 2 aromatic heterocycles. The number of carboxylic acids is 1. The van der Waals surface area contributed by atoms with Crippen molar-refractivity contribution in [3.8, 4) is 0 Å². The van der Waals surface area contributed by atoms with E-state index in [4.69, 9.17) is 9.15 Å². The average Bonchev–Trinajstić information content (AvgIpc) is 3.32. The molecule has 0 radical (unpaired) electrons. The van der Waals surface area contributed by atoms with Gasteiger partial charge < -0.3 is 24.0 Å². The molecule has 1 saturated heterocycles. The third-order valence-electron chi connectivity index (χ3n) is 4.27. The molecule has 0 bridgehead atoms. The maximum atomic E-state index is 12.3. The number of hydrogen-bond acceptors (Lipinski definition) is 9. The van der Waals surface area contributed by atoms with Gasteiger partial charge >= 0.3 is 0 Å². The monoisotopic (exact) mass is 405 g/mol. The van der Waals surface area contributed by atoms with Crippen LogP contribution in [-0.2, 0) is 16.0 Å². The Labute approximate surface area is 166 Å². The summed E-state index contributed by atoms with van der Waals surface area (Å²) in [6.07, 6.45) is 0.126. The van der Waals surface area contributed by atoms with Crippen LogP contribution in [0.15, 0.2) is 21.0 Å². The number of nitrogens with zero attached hydrogens (tertiary/aromatic N) is 3. The molecular weight excluding hydrogens is 384 g/mol. The Bertz CT molecular complexity index is 882. The van der Waals surface area contributed by atoms with Gasteiger partial charge in [-0.2, -0.15) is 5.10 Å². The van der Waals surface area contributed by atoms with Crippen LogP contribution in [0.4, 0.5) is 5.13 Å². The van der Waals surface area contributed by atoms with Gasteiger partial charge in [0, 0.05) is 36.4 Å². The van der Waals surface area contributed by atoms with Gasteiger partial charge in [0.2, 0.25) is 0 Å². The van der Waals surface area contributed by atoms with Crippen molar-refractivity contribution < 1.29 is 23.8 Å². The van der Waals surface area contributed by atoms with Gasteiger partial charge in [0.15, 0.2) is 5.13 Å². The Morgan fingerprint density at radius 1 is 1.39 bits per heavy atom. The first-order chi connectivity index (χ1) is 13.4. The summed E-state index contributed by atoms with van der Waals surface area (Å²) in [5.74, 6) is -0.388. The van der Waals surface area contributed by atoms with E-state index in [2.05, 4.69) is 20.4 Å². The first-order valence-corrected chi connectivity index (χ1v) is 9.74. The molecule has 0 unspecified atom stereocenters. The number of aromatic nitrogens is 1. The number of anilines is 1. The largest absolute Gasteiger partial charge is 0.550 e. The summed E-state index contributed by atoms with van der Waals surface area (Å²) in [6, 6.07) is 1.72. The molecule has 1 aliphatic rings. The molecule has 2 aromatic rings. The third-order valence-corrected chi connectivity index (χ3v) is 5.17. The molecule has 150 valence electrons. The normalized spacial score (nSPS) is 14.9. The maximum Gasteiger partial charge on any atom is 0.290 e. The van der Waals surface area contributed by atoms with E-state index in [9.17, 15) is 14.7 Å². The molecule has 1 fully saturated rings. The highest BCUT2D eigenvalue weighted by Crippen LogP contribution is 2.21. The second-order valence-electron chi connectivity index (χ2n) is 6.31. The van der Waals surface area contributed by atoms with Crippen LogP contribution in [0.3, 0.4) is 0 Å². The molecule has 0 atom stereocenters. The minimum atomic E-state index is -1.13. The number of aryl methyl sites for hydroxylation is 2. The summed E-state index contributed by atoms with van der Waals surface area (Å²) in [5.41, 5.74) is 4.07. The number of carboxylic acid groups (broad SMARTS) is 1. The lowest BCUT2D eigenvalue weighted by Gasteiger charge is -2.25. The van der Waals surface area contributed by atoms with Crippen molar-refractivity contribution >= 4 is 34.1 Å². The van der Waals surface area contributed by atoms with Gasteiger partial charge in [-0.15, -0.1) is 11.3 Å². The number of rotatable bonds is 7. The zero-order valence-electron chi connectivity index (χ0n) is 15.7. The first kappa shape index (κ1) is 20.0. The van der Waals surface area contributed by atoms with E-state index in [1.807, 2.05) is 0 Å². The number of nitrogens with one attached hydrogen (secondary N) is 1. The molecular formula is C18H21N4O5S-. The van der Waals surface area contributed by atoms with Crippen molar-refractivity contribution in [3.63, 3.8) is 0 Å². The lowest BCUT2D eigenvalue weighted by molar-refractivity contribution is -0.305. The quantitative estimate of drug-likeness (QED) is 0.532. The highest BCUT2D eigenvalue weighted by Gasteiger charge is 2.17. The van der Waals surface area contributed by atoms with Gasteiger partial charge in [0.25, 0.3) is 5.91 Å². The highest BCUT2D eigenvalue weighted by molar-refractivity contribution is 7.13. The van der Waals surface area contributed by atoms with Crippen molar-refractivity contribution in [2.45, 2.75) is 26.7 Å². The molecule has 3 rings (SSSR count). The van der Waals surface area contributed by atoms with Crippen LogP contribution in [0.25, 0.3) is 0 Å². The summed E-state index contributed by atoms with van der Waals surface area (Å²) in [7, 11) is 0. The lowest BCUT2D eigenvalue weighted by Crippen LogP contribution is -2.36. The molecule has 0 spiro atoms. The van der Waals surface area contributed by atoms with Crippen molar-refractivity contribution in [1.29, 1.82) is 0 Å². The molecule has 0 aliphatic carbocycles. The van der Waals surface area contributed by atoms with Gasteiger partial charge in [-0.05, 0) is 26.3 Å². The van der Waals surface area contributed by atoms with Crippen LogP contribution in [0.2, 0.25) is 0 Å². The fourth-order valence-electron chi connectivity index (χ4n) is 2.77. The second kappa shape index (κ2) is 8.98. The van der Waals surface area contributed by atoms with Gasteiger partial charge in [-0.25, -0.2) is 10.4 Å². The van der Waals surface area contributed by atoms with E-state index < -0.39 is 11.9 Å². The van der Waals surface area contributed by atoms with Crippen LogP contribution in [0, 0.1) is 6.92 Å². The van der Waals surface area contributed by atoms with Crippen LogP contribution in [-0.4, -0.2) is 48.9 Å². The topological polar surface area (TPSA) is 120 Å². The fraction of sp³-hybridized carbons (Fsp3) is 0.444. The number of carbonyl (C=O) groups excluding carboxylic acids is 2. The number of carbonyl (C=O) groups is 2. The fourth-order valence-corrected chi connectivity index (χ4v) is 3.63. The van der Waals surface area contributed by atoms with Crippen molar-refractivity contribution in [3.05, 3.63) is 34.2 Å². The van der Waals surface area contributed by atoms with Crippen LogP contribution in [0.5, 0.6) is 0 Å². The Balaban J connectivity index is 1.62. The molecule has 1 aliphatic heterocycles. The van der Waals surface area contributed by atoms with E-state index in [-0.39, 0.29) is 12.8 Å². The number of morpholine rings is 1. The molecule has 3 heterocycles. The summed E-state index contributed by atoms with van der Waals surface area (Å²) in [5, 5.41) is 17.2. The number of hydrogen-bond donors (Lipinski definition) is 1. The predicted molar refractivity (Wildman–Crippen MR) is 102 cm³/mol. The number of ether oxygens (including phenoxy) is 1. The number of thiazole rings is 1. The van der Waals surface area contributed by atoms with Crippen LogP contribution >= 0.6 is 11.3 Å². The van der Waals surface area contributed by atoms with E-state index in [1.54, 1.807) is 25.3 Å². The number of hydrazone groups is 1. The minimum absolute atomic E-state index is 0.116. The molecule has 10 heteroatoms. The number of aliphatic carboxylic acids is 1. The van der Waals surface area contributed by atoms with Gasteiger partial charge in [-0.1, -0.05) is 0 Å². The predicted octanol–water partition coefficient (Wildman–Crippen LogP) is 0.718. The number of amides is 1. The molecule has 28 heavy (non-hydrogen) atoms. The summed E-state index contributed by atoms with van der Waals surface area (Å²) >= 11 is 1.41. The summed E-state index contributed by atoms with van der Waals surface area (Å²) in [4.78, 5) is 29.4. The second-order valence-corrected chi connectivity index (χ2v) is 7.14. The van der Waals surface area contributed by atoms with Crippen molar-refractivity contribution in [2.75, 3.05) is 31.2 Å². The summed E-state index contributed by atoms with van der Waals surface area (Å²) < 4.78 is 10.9. The van der Waals surface area contributed by atoms with Gasteiger partial charge in [0.05, 0.1) is 18.9 Å². The maximum absolute atomic E-state index is 12.3.